The smallest absolute Gasteiger partial charge is 0.0727 e. The Balaban J connectivity index is 2.02. The maximum absolute atomic E-state index is 5.72. The van der Waals surface area contributed by atoms with Gasteiger partial charge in [0.25, 0.3) is 0 Å². The van der Waals surface area contributed by atoms with E-state index in [1.807, 2.05) is 29.1 Å². The lowest BCUT2D eigenvalue weighted by atomic mass is 10.3. The zero-order valence-electron chi connectivity index (χ0n) is 10.4. The minimum atomic E-state index is 0.409. The number of hydrogen-bond donors (Lipinski definition) is 1. The molecule has 0 saturated carbocycles. The van der Waals surface area contributed by atoms with Gasteiger partial charge in [0.05, 0.1) is 5.69 Å². The lowest BCUT2D eigenvalue weighted by Gasteiger charge is -2.05. The Kier molecular flexibility index (Phi) is 4.35. The number of hydrogen-bond acceptors (Lipinski definition) is 3. The van der Waals surface area contributed by atoms with Crippen molar-refractivity contribution >= 4 is 33.4 Å². The lowest BCUT2D eigenvalue weighted by molar-refractivity contribution is 0.529. The van der Waals surface area contributed by atoms with Gasteiger partial charge in [0, 0.05) is 33.0 Å². The molecule has 0 atom stereocenters. The lowest BCUT2D eigenvalue weighted by Crippen LogP contribution is -2.01. The van der Waals surface area contributed by atoms with Gasteiger partial charge in [-0.2, -0.15) is 5.10 Å². The number of halogens is 1. The Morgan fingerprint density at radius 1 is 1.39 bits per heavy atom. The summed E-state index contributed by atoms with van der Waals surface area (Å²) in [5.41, 5.74) is 7.58. The summed E-state index contributed by atoms with van der Waals surface area (Å²) in [5, 5.41) is 4.53. The van der Waals surface area contributed by atoms with E-state index in [9.17, 15) is 0 Å². The van der Waals surface area contributed by atoms with Crippen LogP contribution in [0.5, 0.6) is 0 Å². The van der Waals surface area contributed by atoms with Crippen LogP contribution in [0, 0.1) is 0 Å². The van der Waals surface area contributed by atoms with Crippen LogP contribution in [0.1, 0.15) is 25.6 Å². The molecule has 0 spiro atoms. The van der Waals surface area contributed by atoms with E-state index < -0.39 is 0 Å². The van der Waals surface area contributed by atoms with Gasteiger partial charge in [-0.05, 0) is 54.0 Å². The van der Waals surface area contributed by atoms with Gasteiger partial charge in [-0.25, -0.2) is 0 Å². The van der Waals surface area contributed by atoms with Crippen LogP contribution in [0.3, 0.4) is 0 Å². The molecule has 0 amide bonds. The van der Waals surface area contributed by atoms with Crippen molar-refractivity contribution in [2.24, 2.45) is 0 Å². The molecule has 3 nitrogen and oxygen atoms in total. The van der Waals surface area contributed by atoms with Crippen molar-refractivity contribution in [3.63, 3.8) is 0 Å². The fourth-order valence-corrected chi connectivity index (χ4v) is 3.09. The van der Waals surface area contributed by atoms with Gasteiger partial charge in [0.1, 0.15) is 0 Å². The second-order valence-corrected chi connectivity index (χ2v) is 6.23. The molecule has 0 radical (unpaired) electrons. The van der Waals surface area contributed by atoms with Gasteiger partial charge in [0.15, 0.2) is 0 Å². The summed E-state index contributed by atoms with van der Waals surface area (Å²) in [7, 11) is 0. The Bertz CT molecular complexity index is 537. The summed E-state index contributed by atoms with van der Waals surface area (Å²) in [6.45, 7) is 4.25. The van der Waals surface area contributed by atoms with Crippen LogP contribution < -0.4 is 5.73 Å². The topological polar surface area (TPSA) is 43.8 Å². The molecule has 2 N–H and O–H groups in total. The molecule has 1 heterocycles. The van der Waals surface area contributed by atoms with Crippen LogP contribution in [0.15, 0.2) is 39.8 Å². The molecule has 0 aliphatic carbocycles. The fourth-order valence-electron chi connectivity index (χ4n) is 1.53. The molecule has 0 unspecified atom stereocenters. The molecule has 0 aliphatic heterocycles. The quantitative estimate of drug-likeness (QED) is 0.679. The number of nitrogens with two attached hydrogens (primary N) is 1. The summed E-state index contributed by atoms with van der Waals surface area (Å²) < 4.78 is 3.02. The minimum absolute atomic E-state index is 0.409. The Morgan fingerprint density at radius 3 is 2.78 bits per heavy atom. The van der Waals surface area contributed by atoms with Crippen molar-refractivity contribution in [1.29, 1.82) is 0 Å². The monoisotopic (exact) mass is 325 g/mol. The van der Waals surface area contributed by atoms with E-state index in [-0.39, 0.29) is 0 Å². The molecule has 96 valence electrons. The third-order valence-corrected chi connectivity index (χ3v) is 4.55. The van der Waals surface area contributed by atoms with Gasteiger partial charge >= 0.3 is 0 Å². The fraction of sp³-hybridized carbons (Fsp3) is 0.308. The highest BCUT2D eigenvalue weighted by molar-refractivity contribution is 9.10. The third kappa shape index (κ3) is 3.29. The molecular weight excluding hydrogens is 310 g/mol. The normalized spacial score (nSPS) is 11.1. The van der Waals surface area contributed by atoms with Gasteiger partial charge in [-0.3, -0.25) is 4.68 Å². The van der Waals surface area contributed by atoms with Gasteiger partial charge < -0.3 is 5.73 Å². The largest absolute Gasteiger partial charge is 0.399 e. The number of nitrogens with zero attached hydrogens (tertiary/aromatic N) is 2. The Labute approximate surface area is 120 Å². The molecule has 0 aliphatic rings. The SMILES string of the molecule is CC(C)n1ccc(CSc2ccc(N)cc2Br)n1. The van der Waals surface area contributed by atoms with Crippen LogP contribution >= 0.6 is 27.7 Å². The second-order valence-electron chi connectivity index (χ2n) is 4.36. The molecule has 18 heavy (non-hydrogen) atoms. The van der Waals surface area contributed by atoms with Crippen molar-refractivity contribution in [2.75, 3.05) is 5.73 Å². The van der Waals surface area contributed by atoms with Crippen LogP contribution in [0.4, 0.5) is 5.69 Å². The third-order valence-electron chi connectivity index (χ3n) is 2.52. The molecule has 1 aromatic carbocycles. The van der Waals surface area contributed by atoms with Crippen molar-refractivity contribution < 1.29 is 0 Å². The molecule has 0 bridgehead atoms. The van der Waals surface area contributed by atoms with Crippen molar-refractivity contribution in [3.05, 3.63) is 40.6 Å². The summed E-state index contributed by atoms with van der Waals surface area (Å²) in [4.78, 5) is 1.18. The average Bonchev–Trinajstić information content (AvgIpc) is 2.76. The summed E-state index contributed by atoms with van der Waals surface area (Å²) in [6.07, 6.45) is 2.03. The minimum Gasteiger partial charge on any atom is -0.399 e. The molecule has 2 rings (SSSR count). The first-order chi connectivity index (χ1) is 8.56. The first-order valence-corrected chi connectivity index (χ1v) is 7.56. The maximum Gasteiger partial charge on any atom is 0.0727 e. The highest BCUT2D eigenvalue weighted by Gasteiger charge is 2.05. The average molecular weight is 326 g/mol. The molecule has 0 saturated heterocycles. The van der Waals surface area contributed by atoms with Crippen molar-refractivity contribution in [3.8, 4) is 0 Å². The van der Waals surface area contributed by atoms with E-state index in [1.165, 1.54) is 4.90 Å². The highest BCUT2D eigenvalue weighted by Crippen LogP contribution is 2.31. The number of aromatic nitrogens is 2. The standard InChI is InChI=1S/C13H16BrN3S/c1-9(2)17-6-5-11(16-17)8-18-13-4-3-10(15)7-12(13)14/h3-7,9H,8,15H2,1-2H3. The zero-order chi connectivity index (χ0) is 13.1. The summed E-state index contributed by atoms with van der Waals surface area (Å²) >= 11 is 5.28. The molecule has 0 fully saturated rings. The summed E-state index contributed by atoms with van der Waals surface area (Å²) in [6, 6.07) is 8.35. The first-order valence-electron chi connectivity index (χ1n) is 5.78. The van der Waals surface area contributed by atoms with E-state index in [0.717, 1.165) is 21.6 Å². The van der Waals surface area contributed by atoms with Crippen LogP contribution in [0.25, 0.3) is 0 Å². The number of rotatable bonds is 4. The maximum atomic E-state index is 5.72. The molecular formula is C13H16BrN3S. The predicted molar refractivity (Wildman–Crippen MR) is 80.7 cm³/mol. The number of benzene rings is 1. The van der Waals surface area contributed by atoms with Crippen molar-refractivity contribution in [2.45, 2.75) is 30.5 Å². The highest BCUT2D eigenvalue weighted by atomic mass is 79.9. The van der Waals surface area contributed by atoms with E-state index in [0.29, 0.717) is 6.04 Å². The van der Waals surface area contributed by atoms with Crippen LogP contribution in [-0.4, -0.2) is 9.78 Å². The Hall–Kier alpha value is -0.940. The first kappa shape index (κ1) is 13.5. The zero-order valence-corrected chi connectivity index (χ0v) is 12.8. The summed E-state index contributed by atoms with van der Waals surface area (Å²) in [5.74, 6) is 0.863. The number of anilines is 1. The molecule has 5 heteroatoms. The van der Waals surface area contributed by atoms with Crippen molar-refractivity contribution in [1.82, 2.24) is 9.78 Å². The van der Waals surface area contributed by atoms with E-state index >= 15 is 0 Å². The molecule has 2 aromatic rings. The van der Waals surface area contributed by atoms with E-state index in [4.69, 9.17) is 5.73 Å². The van der Waals surface area contributed by atoms with Gasteiger partial charge in [-0.15, -0.1) is 11.8 Å². The van der Waals surface area contributed by atoms with E-state index in [1.54, 1.807) is 11.8 Å². The second kappa shape index (κ2) is 5.80. The predicted octanol–water partition coefficient (Wildman–Crippen LogP) is 4.10. The number of thioether (sulfide) groups is 1. The van der Waals surface area contributed by atoms with E-state index in [2.05, 4.69) is 40.9 Å². The van der Waals surface area contributed by atoms with Crippen LogP contribution in [-0.2, 0) is 5.75 Å². The van der Waals surface area contributed by atoms with Gasteiger partial charge in [0.2, 0.25) is 0 Å². The number of nitrogen functional groups attached to an aromatic ring is 1. The van der Waals surface area contributed by atoms with Gasteiger partial charge in [-0.1, -0.05) is 0 Å². The molecule has 1 aromatic heterocycles. The van der Waals surface area contributed by atoms with Crippen LogP contribution in [0.2, 0.25) is 0 Å². The Morgan fingerprint density at radius 2 is 2.17 bits per heavy atom.